The van der Waals surface area contributed by atoms with Crippen LogP contribution in [-0.4, -0.2) is 60.3 Å². The normalized spacial score (nSPS) is 30.4. The van der Waals surface area contributed by atoms with Gasteiger partial charge in [0.05, 0.1) is 31.8 Å². The van der Waals surface area contributed by atoms with E-state index in [0.717, 1.165) is 0 Å². The van der Waals surface area contributed by atoms with Crippen molar-refractivity contribution in [3.8, 4) is 0 Å². The molecule has 2 aliphatic rings. The molecular weight excluding hydrogens is 241 g/mol. The topological polar surface area (TPSA) is 59.0 Å². The van der Waals surface area contributed by atoms with Crippen molar-refractivity contribution in [3.63, 3.8) is 0 Å². The van der Waals surface area contributed by atoms with Crippen LogP contribution in [-0.2, 0) is 9.47 Å². The van der Waals surface area contributed by atoms with E-state index >= 15 is 0 Å². The number of alkyl halides is 1. The second kappa shape index (κ2) is 4.06. The molecule has 5 nitrogen and oxygen atoms in total. The molecule has 0 aromatic rings. The van der Waals surface area contributed by atoms with E-state index in [1.165, 1.54) is 4.90 Å². The van der Waals surface area contributed by atoms with E-state index in [0.29, 0.717) is 0 Å². The lowest BCUT2D eigenvalue weighted by Crippen LogP contribution is -2.58. The van der Waals surface area contributed by atoms with Crippen molar-refractivity contribution < 1.29 is 23.8 Å². The molecule has 2 saturated heterocycles. The fourth-order valence-corrected chi connectivity index (χ4v) is 2.40. The number of aliphatic hydroxyl groups is 1. The predicted octanol–water partition coefficient (Wildman–Crippen LogP) is 0.954. The largest absolute Gasteiger partial charge is 0.444 e. The monoisotopic (exact) mass is 261 g/mol. The molecule has 104 valence electrons. The average molecular weight is 261 g/mol. The van der Waals surface area contributed by atoms with E-state index in [9.17, 15) is 14.3 Å². The lowest BCUT2D eigenvalue weighted by atomic mass is 9.74. The smallest absolute Gasteiger partial charge is 0.410 e. The van der Waals surface area contributed by atoms with Gasteiger partial charge in [-0.05, 0) is 20.8 Å². The van der Waals surface area contributed by atoms with Crippen molar-refractivity contribution in [2.24, 2.45) is 5.41 Å². The molecule has 1 amide bonds. The number of aliphatic hydroxyl groups excluding tert-OH is 1. The molecule has 2 rings (SSSR count). The first-order valence-corrected chi connectivity index (χ1v) is 6.07. The number of nitrogens with zero attached hydrogens (tertiary/aromatic N) is 1. The Hall–Kier alpha value is -0.880. The zero-order valence-corrected chi connectivity index (χ0v) is 11.0. The fourth-order valence-electron chi connectivity index (χ4n) is 2.40. The van der Waals surface area contributed by atoms with Crippen molar-refractivity contribution in [2.45, 2.75) is 32.0 Å². The maximum absolute atomic E-state index is 14.6. The van der Waals surface area contributed by atoms with Gasteiger partial charge in [-0.15, -0.1) is 0 Å². The number of ether oxygens (including phenoxy) is 2. The van der Waals surface area contributed by atoms with Gasteiger partial charge in [-0.3, -0.25) is 0 Å². The summed E-state index contributed by atoms with van der Waals surface area (Å²) in [5, 5.41) is 9.25. The molecule has 2 aliphatic heterocycles. The van der Waals surface area contributed by atoms with E-state index in [-0.39, 0.29) is 26.3 Å². The van der Waals surface area contributed by atoms with Gasteiger partial charge in [0.2, 0.25) is 0 Å². The van der Waals surface area contributed by atoms with Crippen LogP contribution >= 0.6 is 0 Å². The minimum Gasteiger partial charge on any atom is -0.444 e. The number of rotatable bonds is 1. The van der Waals surface area contributed by atoms with Crippen molar-refractivity contribution in [2.75, 3.05) is 32.9 Å². The first-order valence-electron chi connectivity index (χ1n) is 6.07. The van der Waals surface area contributed by atoms with Gasteiger partial charge >= 0.3 is 6.09 Å². The first-order chi connectivity index (χ1) is 8.21. The molecule has 1 unspecified atom stereocenters. The second-order valence-corrected chi connectivity index (χ2v) is 6.23. The van der Waals surface area contributed by atoms with Gasteiger partial charge in [0.15, 0.2) is 5.67 Å². The average Bonchev–Trinajstić information content (AvgIpc) is 2.50. The van der Waals surface area contributed by atoms with Gasteiger partial charge in [0.1, 0.15) is 5.60 Å². The van der Waals surface area contributed by atoms with Crippen molar-refractivity contribution in [1.82, 2.24) is 4.90 Å². The summed E-state index contributed by atoms with van der Waals surface area (Å²) in [6, 6.07) is 0. The third kappa shape index (κ3) is 2.07. The molecule has 0 aromatic heterocycles. The van der Waals surface area contributed by atoms with Crippen molar-refractivity contribution in [3.05, 3.63) is 0 Å². The summed E-state index contributed by atoms with van der Waals surface area (Å²) >= 11 is 0. The Morgan fingerprint density at radius 3 is 2.39 bits per heavy atom. The van der Waals surface area contributed by atoms with E-state index in [1.807, 2.05) is 0 Å². The Morgan fingerprint density at radius 1 is 1.44 bits per heavy atom. The maximum Gasteiger partial charge on any atom is 0.410 e. The number of carbonyl (C=O) groups excluding carboxylic acids is 1. The number of carbonyl (C=O) groups is 1. The highest BCUT2D eigenvalue weighted by Gasteiger charge is 2.64. The Balaban J connectivity index is 2.08. The Kier molecular flexibility index (Phi) is 3.06. The molecular formula is C12H20FNO4. The van der Waals surface area contributed by atoms with E-state index in [2.05, 4.69) is 0 Å². The van der Waals surface area contributed by atoms with Gasteiger partial charge in [-0.1, -0.05) is 0 Å². The Labute approximate surface area is 106 Å². The number of amides is 1. The SMILES string of the molecule is CC(C)(C)OC(=O)N1CC(F)(CO)C2(COC2)C1. The van der Waals surface area contributed by atoms with Crippen LogP contribution in [0.25, 0.3) is 0 Å². The second-order valence-electron chi connectivity index (χ2n) is 6.23. The van der Waals surface area contributed by atoms with E-state index < -0.39 is 29.4 Å². The molecule has 0 saturated carbocycles. The third-order valence-electron chi connectivity index (χ3n) is 3.54. The quantitative estimate of drug-likeness (QED) is 0.763. The summed E-state index contributed by atoms with van der Waals surface area (Å²) in [6.45, 7) is 5.26. The highest BCUT2D eigenvalue weighted by molar-refractivity contribution is 5.69. The molecule has 2 fully saturated rings. The standard InChI is InChI=1S/C12H20FNO4/c1-10(2,3)18-9(16)14-4-11(7-17-8-11)12(13,5-14)6-15/h15H,4-8H2,1-3H3. The van der Waals surface area contributed by atoms with Crippen LogP contribution in [0.4, 0.5) is 9.18 Å². The molecule has 0 bridgehead atoms. The molecule has 1 spiro atoms. The highest BCUT2D eigenvalue weighted by atomic mass is 19.1. The molecule has 0 aromatic carbocycles. The lowest BCUT2D eigenvalue weighted by molar-refractivity contribution is -0.178. The van der Waals surface area contributed by atoms with Crippen LogP contribution in [0.2, 0.25) is 0 Å². The lowest BCUT2D eigenvalue weighted by Gasteiger charge is -2.44. The molecule has 6 heteroatoms. The molecule has 1 atom stereocenters. The maximum atomic E-state index is 14.6. The van der Waals surface area contributed by atoms with Crippen LogP contribution in [0.15, 0.2) is 0 Å². The number of halogens is 1. The minimum atomic E-state index is -1.79. The fraction of sp³-hybridized carbons (Fsp3) is 0.917. The Morgan fingerprint density at radius 2 is 2.06 bits per heavy atom. The third-order valence-corrected chi connectivity index (χ3v) is 3.54. The zero-order valence-electron chi connectivity index (χ0n) is 11.0. The zero-order chi connectivity index (χ0) is 13.6. The van der Waals surface area contributed by atoms with Crippen LogP contribution in [0.3, 0.4) is 0 Å². The van der Waals surface area contributed by atoms with Gasteiger partial charge < -0.3 is 19.5 Å². The van der Waals surface area contributed by atoms with E-state index in [4.69, 9.17) is 9.47 Å². The summed E-state index contributed by atoms with van der Waals surface area (Å²) in [7, 11) is 0. The number of hydrogen-bond acceptors (Lipinski definition) is 4. The number of hydrogen-bond donors (Lipinski definition) is 1. The van der Waals surface area contributed by atoms with E-state index in [1.54, 1.807) is 20.8 Å². The predicted molar refractivity (Wildman–Crippen MR) is 62.0 cm³/mol. The minimum absolute atomic E-state index is 0.137. The van der Waals surface area contributed by atoms with Crippen molar-refractivity contribution in [1.29, 1.82) is 0 Å². The Bertz CT molecular complexity index is 339. The van der Waals surface area contributed by atoms with Gasteiger partial charge in [-0.2, -0.15) is 0 Å². The van der Waals surface area contributed by atoms with Gasteiger partial charge in [0.25, 0.3) is 0 Å². The van der Waals surface area contributed by atoms with Gasteiger partial charge in [-0.25, -0.2) is 9.18 Å². The summed E-state index contributed by atoms with van der Waals surface area (Å²) < 4.78 is 24.9. The van der Waals surface area contributed by atoms with Crippen LogP contribution in [0, 0.1) is 5.41 Å². The summed E-state index contributed by atoms with van der Waals surface area (Å²) in [4.78, 5) is 13.2. The van der Waals surface area contributed by atoms with Crippen LogP contribution in [0.1, 0.15) is 20.8 Å². The summed E-state index contributed by atoms with van der Waals surface area (Å²) in [6.07, 6.45) is -0.540. The molecule has 2 heterocycles. The molecule has 0 aliphatic carbocycles. The van der Waals surface area contributed by atoms with Crippen LogP contribution < -0.4 is 0 Å². The highest BCUT2D eigenvalue weighted by Crippen LogP contribution is 2.47. The van der Waals surface area contributed by atoms with Crippen molar-refractivity contribution >= 4 is 6.09 Å². The molecule has 1 N–H and O–H groups in total. The summed E-state index contributed by atoms with van der Waals surface area (Å²) in [5.74, 6) is 0. The van der Waals surface area contributed by atoms with Gasteiger partial charge in [0, 0.05) is 6.54 Å². The molecule has 0 radical (unpaired) electrons. The number of likely N-dealkylation sites (tertiary alicyclic amines) is 1. The first kappa shape index (κ1) is 13.5. The summed E-state index contributed by atoms with van der Waals surface area (Å²) in [5.41, 5.74) is -3.16. The van der Waals surface area contributed by atoms with Crippen LogP contribution in [0.5, 0.6) is 0 Å². The molecule has 18 heavy (non-hydrogen) atoms.